The highest BCUT2D eigenvalue weighted by Crippen LogP contribution is 2.37. The minimum absolute atomic E-state index is 0.792. The molecule has 0 saturated heterocycles. The Morgan fingerprint density at radius 3 is 2.30 bits per heavy atom. The van der Waals surface area contributed by atoms with Crippen molar-refractivity contribution in [2.75, 3.05) is 18.7 Å². The van der Waals surface area contributed by atoms with Crippen molar-refractivity contribution in [3.63, 3.8) is 0 Å². The second-order valence-electron chi connectivity index (χ2n) is 4.78. The number of benzene rings is 2. The molecule has 4 aromatic rings. The Balaban J connectivity index is 1.73. The van der Waals surface area contributed by atoms with Crippen molar-refractivity contribution in [3.05, 3.63) is 36.4 Å². The summed E-state index contributed by atoms with van der Waals surface area (Å²) >= 11 is 4.96. The minimum atomic E-state index is 0.792. The fourth-order valence-electron chi connectivity index (χ4n) is 2.37. The van der Waals surface area contributed by atoms with E-state index < -0.39 is 0 Å². The molecule has 0 aliphatic carbocycles. The summed E-state index contributed by atoms with van der Waals surface area (Å²) in [5.74, 6) is 0.792. The molecule has 0 fully saturated rings. The molecule has 116 valence electrons. The van der Waals surface area contributed by atoms with Crippen LogP contribution >= 0.6 is 34.4 Å². The zero-order valence-corrected chi connectivity index (χ0v) is 14.9. The molecule has 0 atom stereocenters. The van der Waals surface area contributed by atoms with Gasteiger partial charge in [0.25, 0.3) is 0 Å². The average Bonchev–Trinajstić information content (AvgIpc) is 3.16. The summed E-state index contributed by atoms with van der Waals surface area (Å²) in [6.07, 6.45) is 2.07. The van der Waals surface area contributed by atoms with Crippen LogP contribution < -0.4 is 10.1 Å². The van der Waals surface area contributed by atoms with Crippen molar-refractivity contribution in [2.24, 2.45) is 0 Å². The number of nitrogens with one attached hydrogen (secondary N) is 1. The summed E-state index contributed by atoms with van der Waals surface area (Å²) in [5.41, 5.74) is 1.93. The lowest BCUT2D eigenvalue weighted by Crippen LogP contribution is -1.88. The first-order valence-corrected chi connectivity index (χ1v) is 9.78. The molecule has 7 heteroatoms. The molecule has 0 bridgehead atoms. The maximum Gasteiger partial charge on any atom is 0.190 e. The molecule has 4 nitrogen and oxygen atoms in total. The quantitative estimate of drug-likeness (QED) is 0.496. The lowest BCUT2D eigenvalue weighted by Gasteiger charge is -1.98. The van der Waals surface area contributed by atoms with E-state index in [4.69, 9.17) is 9.72 Å². The third-order valence-corrected chi connectivity index (χ3v) is 6.06. The molecule has 2 aromatic heterocycles. The van der Waals surface area contributed by atoms with Crippen LogP contribution in [0.2, 0.25) is 0 Å². The molecule has 23 heavy (non-hydrogen) atoms. The number of thiazole rings is 2. The topological polar surface area (TPSA) is 47.0 Å². The van der Waals surface area contributed by atoms with Gasteiger partial charge >= 0.3 is 0 Å². The van der Waals surface area contributed by atoms with Crippen LogP contribution in [0.1, 0.15) is 0 Å². The number of hydrogen-bond acceptors (Lipinski definition) is 7. The van der Waals surface area contributed by atoms with Gasteiger partial charge in [-0.05, 0) is 30.5 Å². The Morgan fingerprint density at radius 2 is 1.61 bits per heavy atom. The molecule has 2 heterocycles. The van der Waals surface area contributed by atoms with E-state index >= 15 is 0 Å². The van der Waals surface area contributed by atoms with Gasteiger partial charge in [-0.15, -0.1) is 11.8 Å². The number of rotatable bonds is 4. The molecule has 0 spiro atoms. The van der Waals surface area contributed by atoms with Crippen molar-refractivity contribution in [1.29, 1.82) is 0 Å². The van der Waals surface area contributed by atoms with Crippen LogP contribution in [0.3, 0.4) is 0 Å². The summed E-state index contributed by atoms with van der Waals surface area (Å²) in [4.78, 5) is 10.5. The molecule has 0 radical (unpaired) electrons. The van der Waals surface area contributed by atoms with E-state index in [0.29, 0.717) is 0 Å². The highest BCUT2D eigenvalue weighted by atomic mass is 32.2. The minimum Gasteiger partial charge on any atom is -0.494 e. The standard InChI is InChI=1S/C16H13N3OS3/c1-20-9-5-3-7-11-13(9)17-15(22-11)19-16-18-14-10(21-2)6-4-8-12(14)23-16/h3-8H,1-2H3,(H,17,18,19). The first-order valence-electron chi connectivity index (χ1n) is 6.92. The fourth-order valence-corrected chi connectivity index (χ4v) is 4.84. The van der Waals surface area contributed by atoms with Gasteiger partial charge in [0.2, 0.25) is 0 Å². The number of hydrogen-bond donors (Lipinski definition) is 1. The molecule has 0 aliphatic rings. The third kappa shape index (κ3) is 2.65. The molecule has 2 aromatic carbocycles. The lowest BCUT2D eigenvalue weighted by molar-refractivity contribution is 0.419. The van der Waals surface area contributed by atoms with E-state index in [1.165, 1.54) is 9.60 Å². The first-order chi connectivity index (χ1) is 11.3. The van der Waals surface area contributed by atoms with Crippen LogP contribution in [-0.2, 0) is 0 Å². The van der Waals surface area contributed by atoms with Gasteiger partial charge in [-0.1, -0.05) is 34.8 Å². The highest BCUT2D eigenvalue weighted by Gasteiger charge is 2.12. The molecular formula is C16H13N3OS3. The summed E-state index contributed by atoms with van der Waals surface area (Å²) < 4.78 is 7.64. The summed E-state index contributed by atoms with van der Waals surface area (Å²) in [6.45, 7) is 0. The number of para-hydroxylation sites is 2. The molecule has 0 aliphatic heterocycles. The Morgan fingerprint density at radius 1 is 0.957 bits per heavy atom. The van der Waals surface area contributed by atoms with Gasteiger partial charge in [0.15, 0.2) is 10.3 Å². The van der Waals surface area contributed by atoms with Crippen LogP contribution in [0, 0.1) is 0 Å². The zero-order chi connectivity index (χ0) is 15.8. The van der Waals surface area contributed by atoms with Gasteiger partial charge in [0, 0.05) is 4.90 Å². The largest absolute Gasteiger partial charge is 0.494 e. The smallest absolute Gasteiger partial charge is 0.190 e. The number of anilines is 2. The molecule has 0 saturated carbocycles. The van der Waals surface area contributed by atoms with E-state index in [-0.39, 0.29) is 0 Å². The fraction of sp³-hybridized carbons (Fsp3) is 0.125. The lowest BCUT2D eigenvalue weighted by atomic mass is 10.3. The Bertz CT molecular complexity index is 913. The van der Waals surface area contributed by atoms with Crippen molar-refractivity contribution < 1.29 is 4.74 Å². The molecule has 4 rings (SSSR count). The van der Waals surface area contributed by atoms with Crippen LogP contribution in [0.4, 0.5) is 10.3 Å². The van der Waals surface area contributed by atoms with E-state index in [0.717, 1.165) is 31.7 Å². The van der Waals surface area contributed by atoms with E-state index in [2.05, 4.69) is 34.8 Å². The van der Waals surface area contributed by atoms with Gasteiger partial charge in [0.1, 0.15) is 11.3 Å². The number of nitrogens with zero attached hydrogens (tertiary/aromatic N) is 2. The molecular weight excluding hydrogens is 346 g/mol. The number of aromatic nitrogens is 2. The third-order valence-electron chi connectivity index (χ3n) is 3.42. The summed E-state index contributed by atoms with van der Waals surface area (Å²) in [6, 6.07) is 12.2. The van der Waals surface area contributed by atoms with Crippen LogP contribution in [0.15, 0.2) is 41.3 Å². The van der Waals surface area contributed by atoms with Crippen LogP contribution in [0.25, 0.3) is 20.4 Å². The van der Waals surface area contributed by atoms with Gasteiger partial charge in [-0.2, -0.15) is 0 Å². The van der Waals surface area contributed by atoms with E-state index in [1.54, 1.807) is 41.5 Å². The maximum atomic E-state index is 5.37. The Labute approximate surface area is 145 Å². The number of ether oxygens (including phenoxy) is 1. The summed E-state index contributed by atoms with van der Waals surface area (Å²) in [5, 5.41) is 5.02. The number of fused-ring (bicyclic) bond motifs is 2. The van der Waals surface area contributed by atoms with Crippen molar-refractivity contribution in [1.82, 2.24) is 9.97 Å². The SMILES string of the molecule is COc1cccc2sc(Nc3nc4c(SC)cccc4s3)nc12. The van der Waals surface area contributed by atoms with Gasteiger partial charge in [0.05, 0.1) is 22.0 Å². The van der Waals surface area contributed by atoms with Crippen LogP contribution in [0.5, 0.6) is 5.75 Å². The number of thioether (sulfide) groups is 1. The van der Waals surface area contributed by atoms with Crippen molar-refractivity contribution in [2.45, 2.75) is 4.90 Å². The van der Waals surface area contributed by atoms with Crippen LogP contribution in [-0.4, -0.2) is 23.3 Å². The molecule has 0 unspecified atom stereocenters. The summed E-state index contributed by atoms with van der Waals surface area (Å²) in [7, 11) is 1.67. The normalized spacial score (nSPS) is 11.2. The van der Waals surface area contributed by atoms with Gasteiger partial charge < -0.3 is 10.1 Å². The molecule has 1 N–H and O–H groups in total. The van der Waals surface area contributed by atoms with E-state index in [1.807, 2.05) is 18.2 Å². The van der Waals surface area contributed by atoms with Crippen molar-refractivity contribution in [3.8, 4) is 5.75 Å². The maximum absolute atomic E-state index is 5.37. The zero-order valence-electron chi connectivity index (χ0n) is 12.5. The van der Waals surface area contributed by atoms with Gasteiger partial charge in [-0.25, -0.2) is 9.97 Å². The Kier molecular flexibility index (Phi) is 3.84. The Hall–Kier alpha value is -1.83. The average molecular weight is 360 g/mol. The van der Waals surface area contributed by atoms with E-state index in [9.17, 15) is 0 Å². The molecule has 0 amide bonds. The second kappa shape index (κ2) is 5.99. The first kappa shape index (κ1) is 14.7. The predicted molar refractivity (Wildman–Crippen MR) is 101 cm³/mol. The van der Waals surface area contributed by atoms with Crippen molar-refractivity contribution >= 4 is 65.1 Å². The monoisotopic (exact) mass is 359 g/mol. The predicted octanol–water partition coefficient (Wildman–Crippen LogP) is 5.38. The second-order valence-corrected chi connectivity index (χ2v) is 7.69. The van der Waals surface area contributed by atoms with Gasteiger partial charge in [-0.3, -0.25) is 0 Å². The highest BCUT2D eigenvalue weighted by molar-refractivity contribution is 7.98. The number of methoxy groups -OCH3 is 1.